The number of pyridine rings is 1. The standard InChI is InChI=1S/C6H5ClNO/c1-8-4-2-3-5(7)6(8)9/h2,4H,1H3. The zero-order valence-corrected chi connectivity index (χ0v) is 5.64. The van der Waals surface area contributed by atoms with Gasteiger partial charge in [-0.05, 0) is 6.07 Å². The first-order valence-corrected chi connectivity index (χ1v) is 2.82. The Balaban J connectivity index is 3.43. The second kappa shape index (κ2) is 2.23. The molecule has 0 saturated heterocycles. The van der Waals surface area contributed by atoms with E-state index in [2.05, 4.69) is 6.07 Å². The van der Waals surface area contributed by atoms with Gasteiger partial charge in [0.1, 0.15) is 5.02 Å². The zero-order valence-electron chi connectivity index (χ0n) is 4.89. The van der Waals surface area contributed by atoms with Crippen LogP contribution >= 0.6 is 11.6 Å². The first kappa shape index (κ1) is 6.36. The Labute approximate surface area is 57.7 Å². The lowest BCUT2D eigenvalue weighted by molar-refractivity contribution is 0.860. The van der Waals surface area contributed by atoms with Gasteiger partial charge in [-0.3, -0.25) is 4.79 Å². The molecule has 1 rings (SSSR count). The van der Waals surface area contributed by atoms with Crippen molar-refractivity contribution in [2.75, 3.05) is 0 Å². The number of aromatic nitrogens is 1. The van der Waals surface area contributed by atoms with Crippen LogP contribution in [0.4, 0.5) is 0 Å². The third-order valence-corrected chi connectivity index (χ3v) is 1.29. The van der Waals surface area contributed by atoms with Crippen LogP contribution < -0.4 is 5.56 Å². The van der Waals surface area contributed by atoms with Crippen molar-refractivity contribution < 1.29 is 0 Å². The molecule has 47 valence electrons. The molecule has 0 atom stereocenters. The van der Waals surface area contributed by atoms with E-state index in [1.165, 1.54) is 4.57 Å². The van der Waals surface area contributed by atoms with Gasteiger partial charge in [0, 0.05) is 19.3 Å². The normalized spacial score (nSPS) is 9.56. The number of halogens is 1. The lowest BCUT2D eigenvalue weighted by Crippen LogP contribution is -2.15. The predicted octanol–water partition coefficient (Wildman–Crippen LogP) is 0.839. The Hall–Kier alpha value is -0.760. The fourth-order valence-electron chi connectivity index (χ4n) is 0.507. The van der Waals surface area contributed by atoms with Crippen molar-refractivity contribution in [2.24, 2.45) is 7.05 Å². The third kappa shape index (κ3) is 1.13. The smallest absolute Gasteiger partial charge is 0.269 e. The van der Waals surface area contributed by atoms with E-state index in [4.69, 9.17) is 11.6 Å². The molecule has 0 fully saturated rings. The van der Waals surface area contributed by atoms with E-state index in [1.807, 2.05) is 0 Å². The van der Waals surface area contributed by atoms with Crippen LogP contribution in [0.5, 0.6) is 0 Å². The van der Waals surface area contributed by atoms with Crippen LogP contribution in [-0.2, 0) is 7.05 Å². The highest BCUT2D eigenvalue weighted by Gasteiger charge is 1.93. The van der Waals surface area contributed by atoms with E-state index < -0.39 is 0 Å². The Morgan fingerprint density at radius 3 is 2.89 bits per heavy atom. The molecule has 0 bridgehead atoms. The molecule has 1 heterocycles. The van der Waals surface area contributed by atoms with Gasteiger partial charge in [-0.25, -0.2) is 0 Å². The van der Waals surface area contributed by atoms with Crippen molar-refractivity contribution in [3.63, 3.8) is 0 Å². The van der Waals surface area contributed by atoms with E-state index in [0.717, 1.165) is 0 Å². The van der Waals surface area contributed by atoms with Gasteiger partial charge in [0.05, 0.1) is 0 Å². The molecule has 1 aromatic rings. The lowest BCUT2D eigenvalue weighted by Gasteiger charge is -1.92. The van der Waals surface area contributed by atoms with E-state index in [1.54, 1.807) is 19.3 Å². The molecule has 0 spiro atoms. The van der Waals surface area contributed by atoms with Crippen LogP contribution in [0, 0.1) is 6.07 Å². The minimum absolute atomic E-state index is 0.139. The molecular formula is C6H5ClNO. The van der Waals surface area contributed by atoms with Gasteiger partial charge < -0.3 is 4.57 Å². The van der Waals surface area contributed by atoms with Gasteiger partial charge in [0.15, 0.2) is 0 Å². The summed E-state index contributed by atoms with van der Waals surface area (Å²) in [5.41, 5.74) is -0.209. The number of rotatable bonds is 0. The van der Waals surface area contributed by atoms with Gasteiger partial charge in [-0.15, -0.1) is 0 Å². The minimum Gasteiger partial charge on any atom is -0.317 e. The van der Waals surface area contributed by atoms with Crippen LogP contribution in [0.15, 0.2) is 17.1 Å². The Bertz CT molecular complexity index is 243. The predicted molar refractivity (Wildman–Crippen MR) is 35.5 cm³/mol. The van der Waals surface area contributed by atoms with Crippen molar-refractivity contribution in [2.45, 2.75) is 0 Å². The summed E-state index contributed by atoms with van der Waals surface area (Å²) in [4.78, 5) is 10.8. The molecule has 0 N–H and O–H groups in total. The van der Waals surface area contributed by atoms with Gasteiger partial charge in [-0.2, -0.15) is 0 Å². The fraction of sp³-hybridized carbons (Fsp3) is 0.167. The highest BCUT2D eigenvalue weighted by atomic mass is 35.5. The molecule has 2 nitrogen and oxygen atoms in total. The maximum Gasteiger partial charge on any atom is 0.269 e. The van der Waals surface area contributed by atoms with Crippen LogP contribution in [0.1, 0.15) is 0 Å². The summed E-state index contributed by atoms with van der Waals surface area (Å²) in [5, 5.41) is 0.139. The van der Waals surface area contributed by atoms with Crippen LogP contribution in [0.3, 0.4) is 0 Å². The van der Waals surface area contributed by atoms with Gasteiger partial charge in [0.2, 0.25) is 0 Å². The van der Waals surface area contributed by atoms with Crippen LogP contribution in [-0.4, -0.2) is 4.57 Å². The molecule has 9 heavy (non-hydrogen) atoms. The summed E-state index contributed by atoms with van der Waals surface area (Å²) in [6, 6.07) is 4.17. The summed E-state index contributed by atoms with van der Waals surface area (Å²) in [6.45, 7) is 0. The molecule has 0 saturated carbocycles. The Morgan fingerprint density at radius 1 is 1.78 bits per heavy atom. The fourth-order valence-corrected chi connectivity index (χ4v) is 0.703. The second-order valence-corrected chi connectivity index (χ2v) is 2.07. The molecule has 3 heteroatoms. The monoisotopic (exact) mass is 142 g/mol. The Morgan fingerprint density at radius 2 is 2.44 bits per heavy atom. The molecule has 1 radical (unpaired) electrons. The third-order valence-electron chi connectivity index (χ3n) is 1.02. The summed E-state index contributed by atoms with van der Waals surface area (Å²) in [6.07, 6.45) is 1.61. The number of aryl methyl sites for hydroxylation is 1. The minimum atomic E-state index is -0.209. The van der Waals surface area contributed by atoms with Crippen molar-refractivity contribution >= 4 is 11.6 Å². The average Bonchev–Trinajstić information content (AvgIpc) is 1.83. The van der Waals surface area contributed by atoms with Crippen molar-refractivity contribution in [3.8, 4) is 0 Å². The summed E-state index contributed by atoms with van der Waals surface area (Å²) in [7, 11) is 1.64. The first-order chi connectivity index (χ1) is 4.22. The maximum absolute atomic E-state index is 10.8. The summed E-state index contributed by atoms with van der Waals surface area (Å²) < 4.78 is 1.40. The van der Waals surface area contributed by atoms with Crippen LogP contribution in [0.2, 0.25) is 5.02 Å². The van der Waals surface area contributed by atoms with Gasteiger partial charge in [0.25, 0.3) is 5.56 Å². The number of hydrogen-bond acceptors (Lipinski definition) is 1. The molecule has 1 aromatic heterocycles. The zero-order chi connectivity index (χ0) is 6.85. The largest absolute Gasteiger partial charge is 0.317 e. The SMILES string of the molecule is Cn1cc[c]c(Cl)c1=O. The topological polar surface area (TPSA) is 22.0 Å². The molecule has 0 aliphatic rings. The van der Waals surface area contributed by atoms with E-state index in [0.29, 0.717) is 0 Å². The molecule has 0 unspecified atom stereocenters. The molecular weight excluding hydrogens is 138 g/mol. The van der Waals surface area contributed by atoms with Gasteiger partial charge >= 0.3 is 0 Å². The lowest BCUT2D eigenvalue weighted by atomic mass is 10.5. The van der Waals surface area contributed by atoms with E-state index in [-0.39, 0.29) is 10.6 Å². The Kier molecular flexibility index (Phi) is 1.58. The van der Waals surface area contributed by atoms with Crippen molar-refractivity contribution in [3.05, 3.63) is 33.7 Å². The van der Waals surface area contributed by atoms with Crippen molar-refractivity contribution in [1.29, 1.82) is 0 Å². The van der Waals surface area contributed by atoms with Crippen LogP contribution in [0.25, 0.3) is 0 Å². The highest BCUT2D eigenvalue weighted by Crippen LogP contribution is 1.95. The second-order valence-electron chi connectivity index (χ2n) is 1.69. The van der Waals surface area contributed by atoms with E-state index in [9.17, 15) is 4.79 Å². The maximum atomic E-state index is 10.8. The molecule has 0 aliphatic carbocycles. The summed E-state index contributed by atoms with van der Waals surface area (Å²) >= 11 is 5.43. The molecule has 0 aromatic carbocycles. The van der Waals surface area contributed by atoms with Gasteiger partial charge in [-0.1, -0.05) is 11.6 Å². The first-order valence-electron chi connectivity index (χ1n) is 2.44. The molecule has 0 amide bonds. The number of hydrogen-bond donors (Lipinski definition) is 0. The highest BCUT2D eigenvalue weighted by molar-refractivity contribution is 6.30. The number of nitrogens with zero attached hydrogens (tertiary/aromatic N) is 1. The van der Waals surface area contributed by atoms with E-state index >= 15 is 0 Å². The molecule has 0 aliphatic heterocycles. The quantitative estimate of drug-likeness (QED) is 0.526. The van der Waals surface area contributed by atoms with Crippen molar-refractivity contribution in [1.82, 2.24) is 4.57 Å². The summed E-state index contributed by atoms with van der Waals surface area (Å²) in [5.74, 6) is 0. The average molecular weight is 143 g/mol.